The summed E-state index contributed by atoms with van der Waals surface area (Å²) in [6.07, 6.45) is 1.72. The topological polar surface area (TPSA) is 70.9 Å². The van der Waals surface area contributed by atoms with E-state index < -0.39 is 0 Å². The molecule has 0 amide bonds. The monoisotopic (exact) mass is 314 g/mol. The van der Waals surface area contributed by atoms with Crippen LogP contribution >= 0.6 is 0 Å². The van der Waals surface area contributed by atoms with E-state index in [9.17, 15) is 5.11 Å². The van der Waals surface area contributed by atoms with Crippen molar-refractivity contribution in [3.8, 4) is 17.1 Å². The Balaban J connectivity index is 1.85. The first-order valence-corrected chi connectivity index (χ1v) is 7.54. The van der Waals surface area contributed by atoms with Crippen LogP contribution in [0.25, 0.3) is 22.4 Å². The first-order valence-electron chi connectivity index (χ1n) is 7.54. The summed E-state index contributed by atoms with van der Waals surface area (Å²) in [5.41, 5.74) is 2.39. The average molecular weight is 314 g/mol. The summed E-state index contributed by atoms with van der Waals surface area (Å²) in [4.78, 5) is 13.6. The molecule has 0 aliphatic rings. The molecule has 2 aromatic heterocycles. The van der Waals surface area contributed by atoms with E-state index in [0.717, 1.165) is 16.6 Å². The van der Waals surface area contributed by atoms with E-state index in [1.807, 2.05) is 42.5 Å². The van der Waals surface area contributed by atoms with Gasteiger partial charge in [0.25, 0.3) is 0 Å². The Labute approximate surface area is 138 Å². The predicted molar refractivity (Wildman–Crippen MR) is 94.2 cm³/mol. The molecule has 0 fully saturated rings. The molecule has 2 N–H and O–H groups in total. The number of fused-ring (bicyclic) bond motifs is 1. The second kappa shape index (κ2) is 5.96. The first kappa shape index (κ1) is 14.1. The number of anilines is 2. The van der Waals surface area contributed by atoms with E-state index in [2.05, 4.69) is 20.3 Å². The molecule has 0 saturated carbocycles. The van der Waals surface area contributed by atoms with Gasteiger partial charge in [-0.2, -0.15) is 0 Å². The van der Waals surface area contributed by atoms with Gasteiger partial charge >= 0.3 is 0 Å². The molecule has 0 saturated heterocycles. The van der Waals surface area contributed by atoms with Crippen molar-refractivity contribution >= 4 is 22.5 Å². The molecular weight excluding hydrogens is 300 g/mol. The molecule has 0 aliphatic carbocycles. The highest BCUT2D eigenvalue weighted by atomic mass is 16.3. The number of hydrogen-bond acceptors (Lipinski definition) is 5. The summed E-state index contributed by atoms with van der Waals surface area (Å²) in [5, 5.41) is 13.5. The first-order chi connectivity index (χ1) is 11.8. The lowest BCUT2D eigenvalue weighted by Crippen LogP contribution is -2.00. The van der Waals surface area contributed by atoms with Gasteiger partial charge in [0.15, 0.2) is 11.5 Å². The Hall–Kier alpha value is -3.47. The molecular formula is C19H14N4O. The number of rotatable bonds is 3. The van der Waals surface area contributed by atoms with E-state index in [-0.39, 0.29) is 5.75 Å². The van der Waals surface area contributed by atoms with Crippen molar-refractivity contribution in [2.24, 2.45) is 0 Å². The Kier molecular flexibility index (Phi) is 3.51. The largest absolute Gasteiger partial charge is 0.508 e. The highest BCUT2D eigenvalue weighted by Gasteiger charge is 2.10. The third-order valence-corrected chi connectivity index (χ3v) is 3.63. The van der Waals surface area contributed by atoms with Crippen molar-refractivity contribution in [3.63, 3.8) is 0 Å². The number of phenolic OH excluding ortho intramolecular Hbond substituents is 1. The van der Waals surface area contributed by atoms with E-state index in [1.165, 1.54) is 0 Å². The van der Waals surface area contributed by atoms with Gasteiger partial charge in [-0.1, -0.05) is 30.3 Å². The van der Waals surface area contributed by atoms with E-state index in [4.69, 9.17) is 0 Å². The molecule has 0 aliphatic heterocycles. The van der Waals surface area contributed by atoms with Crippen molar-refractivity contribution in [3.05, 3.63) is 72.9 Å². The van der Waals surface area contributed by atoms with Crippen LogP contribution in [0.3, 0.4) is 0 Å². The number of nitrogens with one attached hydrogen (secondary N) is 1. The Bertz CT molecular complexity index is 985. The normalized spacial score (nSPS) is 10.7. The second-order valence-electron chi connectivity index (χ2n) is 5.31. The van der Waals surface area contributed by atoms with Crippen molar-refractivity contribution in [1.29, 1.82) is 0 Å². The Morgan fingerprint density at radius 1 is 0.792 bits per heavy atom. The smallest absolute Gasteiger partial charge is 0.165 e. The lowest BCUT2D eigenvalue weighted by atomic mass is 10.2. The molecule has 2 aromatic carbocycles. The fraction of sp³-hybridized carbons (Fsp3) is 0. The molecule has 0 atom stereocenters. The maximum absolute atomic E-state index is 9.42. The van der Waals surface area contributed by atoms with Crippen LogP contribution in [0.4, 0.5) is 11.5 Å². The second-order valence-corrected chi connectivity index (χ2v) is 5.31. The Morgan fingerprint density at radius 2 is 1.58 bits per heavy atom. The third kappa shape index (κ3) is 2.75. The molecule has 0 spiro atoms. The van der Waals surface area contributed by atoms with Gasteiger partial charge in [-0.05, 0) is 36.4 Å². The summed E-state index contributed by atoms with van der Waals surface area (Å²) in [6, 6.07) is 20.4. The molecule has 116 valence electrons. The number of nitrogens with zero attached hydrogens (tertiary/aromatic N) is 3. The summed E-state index contributed by atoms with van der Waals surface area (Å²) >= 11 is 0. The van der Waals surface area contributed by atoms with Crippen molar-refractivity contribution in [2.45, 2.75) is 0 Å². The van der Waals surface area contributed by atoms with Gasteiger partial charge in [0.05, 0.1) is 5.39 Å². The zero-order valence-corrected chi connectivity index (χ0v) is 12.7. The maximum atomic E-state index is 9.42. The van der Waals surface area contributed by atoms with Crippen LogP contribution in [0.15, 0.2) is 72.9 Å². The quantitative estimate of drug-likeness (QED) is 0.556. The number of benzene rings is 2. The minimum atomic E-state index is 0.222. The summed E-state index contributed by atoms with van der Waals surface area (Å²) in [5.74, 6) is 1.51. The van der Waals surface area contributed by atoms with E-state index >= 15 is 0 Å². The van der Waals surface area contributed by atoms with Crippen LogP contribution in [0.1, 0.15) is 0 Å². The van der Waals surface area contributed by atoms with Crippen LogP contribution in [0, 0.1) is 0 Å². The van der Waals surface area contributed by atoms with Crippen LogP contribution in [0.2, 0.25) is 0 Å². The number of aromatic hydroxyl groups is 1. The zero-order chi connectivity index (χ0) is 16.4. The number of hydrogen-bond donors (Lipinski definition) is 2. The van der Waals surface area contributed by atoms with E-state index in [1.54, 1.807) is 30.5 Å². The van der Waals surface area contributed by atoms with Gasteiger partial charge < -0.3 is 10.4 Å². The zero-order valence-electron chi connectivity index (χ0n) is 12.7. The fourth-order valence-electron chi connectivity index (χ4n) is 2.46. The Morgan fingerprint density at radius 3 is 2.38 bits per heavy atom. The van der Waals surface area contributed by atoms with Crippen LogP contribution in [-0.2, 0) is 0 Å². The standard InChI is InChI=1S/C19H14N4O/c24-15-10-8-14(9-11-15)21-19-16-7-4-12-20-18(16)22-17(23-19)13-5-2-1-3-6-13/h1-12,24H,(H,20,21,22,23). The van der Waals surface area contributed by atoms with Crippen molar-refractivity contribution in [2.75, 3.05) is 5.32 Å². The summed E-state index contributed by atoms with van der Waals surface area (Å²) in [7, 11) is 0. The number of phenols is 1. The maximum Gasteiger partial charge on any atom is 0.165 e. The summed E-state index contributed by atoms with van der Waals surface area (Å²) < 4.78 is 0. The van der Waals surface area contributed by atoms with Gasteiger partial charge in [0.2, 0.25) is 0 Å². The van der Waals surface area contributed by atoms with Gasteiger partial charge in [0.1, 0.15) is 11.6 Å². The van der Waals surface area contributed by atoms with Crippen LogP contribution < -0.4 is 5.32 Å². The molecule has 4 aromatic rings. The fourth-order valence-corrected chi connectivity index (χ4v) is 2.46. The SMILES string of the molecule is Oc1ccc(Nc2nc(-c3ccccc3)nc3ncccc23)cc1. The van der Waals surface area contributed by atoms with Crippen molar-refractivity contribution < 1.29 is 5.11 Å². The number of pyridine rings is 1. The molecule has 0 bridgehead atoms. The van der Waals surface area contributed by atoms with Gasteiger partial charge in [0, 0.05) is 17.4 Å². The minimum absolute atomic E-state index is 0.222. The van der Waals surface area contributed by atoms with Gasteiger partial charge in [-0.3, -0.25) is 0 Å². The molecule has 0 radical (unpaired) electrons. The van der Waals surface area contributed by atoms with Gasteiger partial charge in [-0.25, -0.2) is 15.0 Å². The molecule has 5 heteroatoms. The third-order valence-electron chi connectivity index (χ3n) is 3.63. The number of aromatic nitrogens is 3. The molecule has 4 rings (SSSR count). The predicted octanol–water partition coefficient (Wildman–Crippen LogP) is 4.14. The van der Waals surface area contributed by atoms with Crippen LogP contribution in [0.5, 0.6) is 5.75 Å². The molecule has 24 heavy (non-hydrogen) atoms. The van der Waals surface area contributed by atoms with Crippen molar-refractivity contribution in [1.82, 2.24) is 15.0 Å². The molecule has 0 unspecified atom stereocenters. The minimum Gasteiger partial charge on any atom is -0.508 e. The van der Waals surface area contributed by atoms with Crippen LogP contribution in [-0.4, -0.2) is 20.1 Å². The highest BCUT2D eigenvalue weighted by molar-refractivity contribution is 5.89. The lowest BCUT2D eigenvalue weighted by molar-refractivity contribution is 0.475. The highest BCUT2D eigenvalue weighted by Crippen LogP contribution is 2.26. The van der Waals surface area contributed by atoms with Gasteiger partial charge in [-0.15, -0.1) is 0 Å². The molecule has 2 heterocycles. The molecule has 5 nitrogen and oxygen atoms in total. The summed E-state index contributed by atoms with van der Waals surface area (Å²) in [6.45, 7) is 0. The van der Waals surface area contributed by atoms with E-state index in [0.29, 0.717) is 17.3 Å². The average Bonchev–Trinajstić information content (AvgIpc) is 2.64. The lowest BCUT2D eigenvalue weighted by Gasteiger charge is -2.10.